The molecule has 0 spiro atoms. The highest BCUT2D eigenvalue weighted by Crippen LogP contribution is 2.32. The monoisotopic (exact) mass is 248 g/mol. The van der Waals surface area contributed by atoms with Crippen molar-refractivity contribution in [3.63, 3.8) is 0 Å². The van der Waals surface area contributed by atoms with E-state index in [1.807, 2.05) is 0 Å². The van der Waals surface area contributed by atoms with Gasteiger partial charge in [-0.25, -0.2) is 0 Å². The molecule has 1 heterocycles. The number of nitrogens with zero attached hydrogens (tertiary/aromatic N) is 2. The lowest BCUT2D eigenvalue weighted by Gasteiger charge is -2.25. The summed E-state index contributed by atoms with van der Waals surface area (Å²) in [5.74, 6) is 0.578. The maximum atomic E-state index is 11.1. The van der Waals surface area contributed by atoms with Gasteiger partial charge in [-0.05, 0) is 25.3 Å². The first-order valence-electron chi connectivity index (χ1n) is 6.03. The molecule has 2 atom stereocenters. The van der Waals surface area contributed by atoms with Crippen molar-refractivity contribution in [2.45, 2.75) is 26.3 Å². The molecular weight excluding hydrogens is 232 g/mol. The highest BCUT2D eigenvalue weighted by atomic mass is 16.6. The number of nitro groups is 1. The second-order valence-electron chi connectivity index (χ2n) is 4.96. The first-order valence-corrected chi connectivity index (χ1v) is 6.03. The number of anilines is 1. The van der Waals surface area contributed by atoms with E-state index in [9.17, 15) is 14.9 Å². The van der Waals surface area contributed by atoms with Crippen molar-refractivity contribution < 1.29 is 9.72 Å². The van der Waals surface area contributed by atoms with E-state index in [0.717, 1.165) is 18.7 Å². The van der Waals surface area contributed by atoms with Gasteiger partial charge in [0.15, 0.2) is 6.29 Å². The fourth-order valence-corrected chi connectivity index (χ4v) is 2.65. The van der Waals surface area contributed by atoms with Crippen LogP contribution < -0.4 is 4.90 Å². The Morgan fingerprint density at radius 1 is 1.44 bits per heavy atom. The Labute approximate surface area is 106 Å². The Morgan fingerprint density at radius 3 is 2.67 bits per heavy atom. The number of aldehydes is 1. The average Bonchev–Trinajstić information content (AvgIpc) is 2.67. The zero-order valence-corrected chi connectivity index (χ0v) is 10.5. The van der Waals surface area contributed by atoms with Crippen molar-refractivity contribution in [1.29, 1.82) is 0 Å². The number of hydrogen-bond donors (Lipinski definition) is 0. The highest BCUT2D eigenvalue weighted by molar-refractivity contribution is 5.86. The Morgan fingerprint density at radius 2 is 2.17 bits per heavy atom. The quantitative estimate of drug-likeness (QED) is 0.468. The van der Waals surface area contributed by atoms with Gasteiger partial charge in [0.1, 0.15) is 0 Å². The summed E-state index contributed by atoms with van der Waals surface area (Å²) in [5.41, 5.74) is 1.15. The summed E-state index contributed by atoms with van der Waals surface area (Å²) in [5, 5.41) is 10.7. The fourth-order valence-electron chi connectivity index (χ4n) is 2.65. The van der Waals surface area contributed by atoms with E-state index in [2.05, 4.69) is 18.7 Å². The summed E-state index contributed by atoms with van der Waals surface area (Å²) in [7, 11) is 0. The van der Waals surface area contributed by atoms with Crippen LogP contribution in [0.4, 0.5) is 11.4 Å². The van der Waals surface area contributed by atoms with Crippen molar-refractivity contribution in [3.05, 3.63) is 33.9 Å². The number of carbonyl (C=O) groups is 1. The summed E-state index contributed by atoms with van der Waals surface area (Å²) in [6.45, 7) is 5.17. The van der Waals surface area contributed by atoms with Crippen LogP contribution in [0.2, 0.25) is 0 Å². The lowest BCUT2D eigenvalue weighted by atomic mass is 10.1. The van der Waals surface area contributed by atoms with Gasteiger partial charge in [0.05, 0.1) is 4.92 Å². The molecular formula is C13H16N2O3. The van der Waals surface area contributed by atoms with E-state index in [1.165, 1.54) is 12.1 Å². The topological polar surface area (TPSA) is 63.4 Å². The minimum absolute atomic E-state index is 0.0410. The molecule has 0 aliphatic carbocycles. The lowest BCUT2D eigenvalue weighted by molar-refractivity contribution is -0.384. The molecule has 18 heavy (non-hydrogen) atoms. The van der Waals surface area contributed by atoms with E-state index < -0.39 is 4.92 Å². The van der Waals surface area contributed by atoms with E-state index in [-0.39, 0.29) is 5.69 Å². The number of benzene rings is 1. The molecule has 1 fully saturated rings. The van der Waals surface area contributed by atoms with Crippen LogP contribution in [0.25, 0.3) is 0 Å². The van der Waals surface area contributed by atoms with Gasteiger partial charge in [0.25, 0.3) is 5.69 Å². The maximum absolute atomic E-state index is 11.1. The normalized spacial score (nSPS) is 23.1. The summed E-state index contributed by atoms with van der Waals surface area (Å²) in [6.07, 6.45) is 1.77. The minimum atomic E-state index is -0.479. The van der Waals surface area contributed by atoms with Crippen LogP contribution in [-0.4, -0.2) is 23.8 Å². The predicted octanol–water partition coefficient (Wildman–Crippen LogP) is 2.64. The van der Waals surface area contributed by atoms with Gasteiger partial charge in [-0.3, -0.25) is 14.9 Å². The maximum Gasteiger partial charge on any atom is 0.270 e. The molecule has 0 amide bonds. The zero-order valence-electron chi connectivity index (χ0n) is 10.5. The van der Waals surface area contributed by atoms with Crippen LogP contribution in [0, 0.1) is 16.0 Å². The number of rotatable bonds is 3. The zero-order chi connectivity index (χ0) is 13.3. The SMILES string of the molecule is CC1CC(C)N(c2ccc([N+](=O)[O-])cc2C=O)C1. The van der Waals surface area contributed by atoms with Gasteiger partial charge in [-0.2, -0.15) is 0 Å². The van der Waals surface area contributed by atoms with Crippen LogP contribution in [0.5, 0.6) is 0 Å². The van der Waals surface area contributed by atoms with E-state index in [1.54, 1.807) is 6.07 Å². The molecule has 1 aromatic carbocycles. The molecule has 0 saturated carbocycles. The van der Waals surface area contributed by atoms with Gasteiger partial charge in [0, 0.05) is 36.0 Å². The standard InChI is InChI=1S/C13H16N2O3/c1-9-5-10(2)14(7-9)13-4-3-12(15(17)18)6-11(13)8-16/h3-4,6,8-10H,5,7H2,1-2H3. The van der Waals surface area contributed by atoms with Gasteiger partial charge >= 0.3 is 0 Å². The largest absolute Gasteiger partial charge is 0.368 e. The average molecular weight is 248 g/mol. The van der Waals surface area contributed by atoms with Crippen LogP contribution in [0.3, 0.4) is 0 Å². The predicted molar refractivity (Wildman–Crippen MR) is 69.1 cm³/mol. The third-order valence-corrected chi connectivity index (χ3v) is 3.44. The molecule has 5 heteroatoms. The molecule has 1 aliphatic heterocycles. The van der Waals surface area contributed by atoms with Crippen LogP contribution in [0.1, 0.15) is 30.6 Å². The minimum Gasteiger partial charge on any atom is -0.368 e. The number of hydrogen-bond acceptors (Lipinski definition) is 4. The Hall–Kier alpha value is -1.91. The molecule has 0 radical (unpaired) electrons. The third-order valence-electron chi connectivity index (χ3n) is 3.44. The molecule has 1 aromatic rings. The Bertz CT molecular complexity index is 487. The first kappa shape index (κ1) is 12.5. The molecule has 0 N–H and O–H groups in total. The molecule has 2 rings (SSSR count). The second-order valence-corrected chi connectivity index (χ2v) is 4.96. The van der Waals surface area contributed by atoms with Crippen molar-refractivity contribution in [1.82, 2.24) is 0 Å². The first-order chi connectivity index (χ1) is 8.52. The van der Waals surface area contributed by atoms with Gasteiger partial charge in [-0.1, -0.05) is 6.92 Å². The Balaban J connectivity index is 2.39. The number of carbonyl (C=O) groups excluding carboxylic acids is 1. The van der Waals surface area contributed by atoms with Gasteiger partial charge in [-0.15, -0.1) is 0 Å². The summed E-state index contributed by atoms with van der Waals surface area (Å²) in [6, 6.07) is 4.84. The summed E-state index contributed by atoms with van der Waals surface area (Å²) < 4.78 is 0. The number of nitro benzene ring substituents is 1. The summed E-state index contributed by atoms with van der Waals surface area (Å²) in [4.78, 5) is 23.5. The molecule has 5 nitrogen and oxygen atoms in total. The van der Waals surface area contributed by atoms with Crippen molar-refractivity contribution in [3.8, 4) is 0 Å². The molecule has 96 valence electrons. The molecule has 0 aromatic heterocycles. The lowest BCUT2D eigenvalue weighted by Crippen LogP contribution is -2.27. The molecule has 2 unspecified atom stereocenters. The molecule has 1 aliphatic rings. The van der Waals surface area contributed by atoms with E-state index in [4.69, 9.17) is 0 Å². The molecule has 0 bridgehead atoms. The van der Waals surface area contributed by atoms with Gasteiger partial charge < -0.3 is 4.90 Å². The Kier molecular flexibility index (Phi) is 3.32. The smallest absolute Gasteiger partial charge is 0.270 e. The highest BCUT2D eigenvalue weighted by Gasteiger charge is 2.28. The van der Waals surface area contributed by atoms with Gasteiger partial charge in [0.2, 0.25) is 0 Å². The van der Waals surface area contributed by atoms with Crippen molar-refractivity contribution in [2.75, 3.05) is 11.4 Å². The number of non-ortho nitro benzene ring substituents is 1. The van der Waals surface area contributed by atoms with Crippen LogP contribution in [0.15, 0.2) is 18.2 Å². The third kappa shape index (κ3) is 2.20. The fraction of sp³-hybridized carbons (Fsp3) is 0.462. The van der Waals surface area contributed by atoms with Crippen LogP contribution in [-0.2, 0) is 0 Å². The summed E-state index contributed by atoms with van der Waals surface area (Å²) >= 11 is 0. The van der Waals surface area contributed by atoms with E-state index in [0.29, 0.717) is 23.8 Å². The van der Waals surface area contributed by atoms with Crippen LogP contribution >= 0.6 is 0 Å². The second kappa shape index (κ2) is 4.76. The van der Waals surface area contributed by atoms with Crippen molar-refractivity contribution in [2.24, 2.45) is 5.92 Å². The van der Waals surface area contributed by atoms with Crippen molar-refractivity contribution >= 4 is 17.7 Å². The molecule has 1 saturated heterocycles. The van der Waals surface area contributed by atoms with E-state index >= 15 is 0 Å².